The van der Waals surface area contributed by atoms with Gasteiger partial charge in [0.2, 0.25) is 0 Å². The maximum Gasteiger partial charge on any atom is 0.0118 e. The van der Waals surface area contributed by atoms with E-state index in [9.17, 15) is 0 Å². The van der Waals surface area contributed by atoms with E-state index in [-0.39, 0.29) is 0 Å². The first-order valence-electron chi connectivity index (χ1n) is 6.76. The molecule has 0 aromatic heterocycles. The van der Waals surface area contributed by atoms with Crippen LogP contribution in [0.25, 0.3) is 0 Å². The Balaban J connectivity index is 2.05. The van der Waals surface area contributed by atoms with Gasteiger partial charge in [0.15, 0.2) is 0 Å². The van der Waals surface area contributed by atoms with E-state index in [0.29, 0.717) is 5.41 Å². The first-order chi connectivity index (χ1) is 7.02. The van der Waals surface area contributed by atoms with Gasteiger partial charge in [0.05, 0.1) is 0 Å². The summed E-state index contributed by atoms with van der Waals surface area (Å²) in [5.74, 6) is 0.868. The average molecular weight is 211 g/mol. The topological polar surface area (TPSA) is 12.0 Å². The van der Waals surface area contributed by atoms with E-state index in [4.69, 9.17) is 0 Å². The lowest BCUT2D eigenvalue weighted by Gasteiger charge is -2.28. The number of unbranched alkanes of at least 4 members (excludes halogenated alkanes) is 1. The number of nitrogens with one attached hydrogen (secondary N) is 1. The molecule has 1 rings (SSSR count). The monoisotopic (exact) mass is 211 g/mol. The molecule has 0 bridgehead atoms. The molecule has 0 heterocycles. The normalized spacial score (nSPS) is 25.0. The Hall–Kier alpha value is -0.0400. The lowest BCUT2D eigenvalue weighted by Crippen LogP contribution is -2.38. The van der Waals surface area contributed by atoms with Crippen LogP contribution in [-0.4, -0.2) is 12.6 Å². The van der Waals surface area contributed by atoms with Gasteiger partial charge in [-0.3, -0.25) is 0 Å². The molecule has 1 N–H and O–H groups in total. The Morgan fingerprint density at radius 2 is 2.00 bits per heavy atom. The molecule has 90 valence electrons. The first kappa shape index (κ1) is 13.0. The zero-order chi connectivity index (χ0) is 11.3. The fourth-order valence-electron chi connectivity index (χ4n) is 2.66. The predicted octanol–water partition coefficient (Wildman–Crippen LogP) is 3.98. The van der Waals surface area contributed by atoms with Gasteiger partial charge in [-0.15, -0.1) is 0 Å². The second-order valence-corrected chi connectivity index (χ2v) is 6.28. The minimum absolute atomic E-state index is 0.540. The molecule has 1 aliphatic carbocycles. The van der Waals surface area contributed by atoms with Crippen LogP contribution in [0.3, 0.4) is 0 Å². The van der Waals surface area contributed by atoms with Crippen molar-refractivity contribution in [2.45, 2.75) is 72.3 Å². The molecule has 0 aliphatic heterocycles. The van der Waals surface area contributed by atoms with E-state index in [1.165, 1.54) is 45.1 Å². The molecule has 1 nitrogen and oxygen atoms in total. The lowest BCUT2D eigenvalue weighted by atomic mass is 9.87. The number of hydrogen-bond acceptors (Lipinski definition) is 1. The summed E-state index contributed by atoms with van der Waals surface area (Å²) >= 11 is 0. The minimum atomic E-state index is 0.540. The molecule has 0 spiro atoms. The summed E-state index contributed by atoms with van der Waals surface area (Å²) in [5, 5.41) is 3.75. The van der Waals surface area contributed by atoms with E-state index in [1.54, 1.807) is 0 Å². The zero-order valence-corrected chi connectivity index (χ0v) is 11.1. The molecule has 0 saturated heterocycles. The molecule has 0 aromatic carbocycles. The summed E-state index contributed by atoms with van der Waals surface area (Å²) < 4.78 is 0. The standard InChI is InChI=1S/C14H29N/c1-12(2)8-5-6-11-15-13-9-7-10-14(13,3)4/h12-13,15H,5-11H2,1-4H3. The molecule has 1 saturated carbocycles. The Morgan fingerprint density at radius 3 is 2.53 bits per heavy atom. The van der Waals surface area contributed by atoms with Crippen molar-refractivity contribution in [3.8, 4) is 0 Å². The van der Waals surface area contributed by atoms with Crippen LogP contribution in [0.4, 0.5) is 0 Å². The van der Waals surface area contributed by atoms with Crippen molar-refractivity contribution in [2.24, 2.45) is 11.3 Å². The fraction of sp³-hybridized carbons (Fsp3) is 1.00. The smallest absolute Gasteiger partial charge is 0.0118 e. The Morgan fingerprint density at radius 1 is 1.27 bits per heavy atom. The average Bonchev–Trinajstić information content (AvgIpc) is 2.44. The van der Waals surface area contributed by atoms with Gasteiger partial charge in [0, 0.05) is 6.04 Å². The summed E-state index contributed by atoms with van der Waals surface area (Å²) in [6, 6.07) is 0.775. The highest BCUT2D eigenvalue weighted by Gasteiger charge is 2.33. The molecular weight excluding hydrogens is 182 g/mol. The summed E-state index contributed by atoms with van der Waals surface area (Å²) in [4.78, 5) is 0. The van der Waals surface area contributed by atoms with E-state index in [0.717, 1.165) is 12.0 Å². The van der Waals surface area contributed by atoms with Crippen LogP contribution in [0, 0.1) is 11.3 Å². The van der Waals surface area contributed by atoms with Crippen molar-refractivity contribution < 1.29 is 0 Å². The maximum absolute atomic E-state index is 3.75. The van der Waals surface area contributed by atoms with Gasteiger partial charge in [-0.2, -0.15) is 0 Å². The van der Waals surface area contributed by atoms with Crippen molar-refractivity contribution in [3.05, 3.63) is 0 Å². The van der Waals surface area contributed by atoms with Crippen LogP contribution < -0.4 is 5.32 Å². The van der Waals surface area contributed by atoms with Crippen LogP contribution in [0.15, 0.2) is 0 Å². The van der Waals surface area contributed by atoms with Gasteiger partial charge in [0.1, 0.15) is 0 Å². The molecule has 0 radical (unpaired) electrons. The van der Waals surface area contributed by atoms with E-state index in [2.05, 4.69) is 33.0 Å². The van der Waals surface area contributed by atoms with Gasteiger partial charge in [0.25, 0.3) is 0 Å². The zero-order valence-electron chi connectivity index (χ0n) is 11.1. The van der Waals surface area contributed by atoms with E-state index in [1.807, 2.05) is 0 Å². The predicted molar refractivity (Wildman–Crippen MR) is 68.1 cm³/mol. The van der Waals surface area contributed by atoms with Crippen molar-refractivity contribution in [1.82, 2.24) is 5.32 Å². The molecule has 0 aromatic rings. The highest BCUT2D eigenvalue weighted by Crippen LogP contribution is 2.37. The summed E-state index contributed by atoms with van der Waals surface area (Å²) in [6.45, 7) is 10.7. The molecule has 15 heavy (non-hydrogen) atoms. The third-order valence-corrected chi connectivity index (χ3v) is 3.86. The maximum atomic E-state index is 3.75. The second-order valence-electron chi connectivity index (χ2n) is 6.28. The number of hydrogen-bond donors (Lipinski definition) is 1. The van der Waals surface area contributed by atoms with E-state index >= 15 is 0 Å². The lowest BCUT2D eigenvalue weighted by molar-refractivity contribution is 0.282. The van der Waals surface area contributed by atoms with Crippen molar-refractivity contribution in [3.63, 3.8) is 0 Å². The van der Waals surface area contributed by atoms with Gasteiger partial charge < -0.3 is 5.32 Å². The molecule has 1 atom stereocenters. The molecule has 1 aliphatic rings. The molecule has 1 unspecified atom stereocenters. The summed E-state index contributed by atoms with van der Waals surface area (Å²) in [7, 11) is 0. The van der Waals surface area contributed by atoms with Crippen molar-refractivity contribution in [2.75, 3.05) is 6.54 Å². The van der Waals surface area contributed by atoms with Crippen molar-refractivity contribution in [1.29, 1.82) is 0 Å². The van der Waals surface area contributed by atoms with Gasteiger partial charge in [-0.25, -0.2) is 0 Å². The Bertz CT molecular complexity index is 172. The van der Waals surface area contributed by atoms with Crippen LogP contribution >= 0.6 is 0 Å². The van der Waals surface area contributed by atoms with Crippen LogP contribution in [0.2, 0.25) is 0 Å². The minimum Gasteiger partial charge on any atom is -0.313 e. The first-order valence-corrected chi connectivity index (χ1v) is 6.76. The SMILES string of the molecule is CC(C)CCCCNC1CCCC1(C)C. The fourth-order valence-corrected chi connectivity index (χ4v) is 2.66. The van der Waals surface area contributed by atoms with Crippen LogP contribution in [0.5, 0.6) is 0 Å². The highest BCUT2D eigenvalue weighted by atomic mass is 14.9. The second kappa shape index (κ2) is 5.89. The Labute approximate surface area is 96.0 Å². The van der Waals surface area contributed by atoms with Gasteiger partial charge in [-0.05, 0) is 37.1 Å². The summed E-state index contributed by atoms with van der Waals surface area (Å²) in [6.07, 6.45) is 8.32. The van der Waals surface area contributed by atoms with Gasteiger partial charge in [-0.1, -0.05) is 47.0 Å². The highest BCUT2D eigenvalue weighted by molar-refractivity contribution is 4.89. The summed E-state index contributed by atoms with van der Waals surface area (Å²) in [5.41, 5.74) is 0.540. The third kappa shape index (κ3) is 4.55. The van der Waals surface area contributed by atoms with Crippen LogP contribution in [0.1, 0.15) is 66.2 Å². The molecule has 1 fully saturated rings. The molecule has 1 heteroatoms. The van der Waals surface area contributed by atoms with Crippen molar-refractivity contribution >= 4 is 0 Å². The third-order valence-electron chi connectivity index (χ3n) is 3.86. The van der Waals surface area contributed by atoms with Gasteiger partial charge >= 0.3 is 0 Å². The largest absolute Gasteiger partial charge is 0.313 e. The molecule has 0 amide bonds. The number of rotatable bonds is 6. The van der Waals surface area contributed by atoms with Crippen LogP contribution in [-0.2, 0) is 0 Å². The Kier molecular flexibility index (Phi) is 5.11. The van der Waals surface area contributed by atoms with E-state index < -0.39 is 0 Å². The molecular formula is C14H29N. The quantitative estimate of drug-likeness (QED) is 0.655.